The van der Waals surface area contributed by atoms with Crippen molar-refractivity contribution in [2.24, 2.45) is 5.92 Å². The highest BCUT2D eigenvalue weighted by molar-refractivity contribution is 5.94. The summed E-state index contributed by atoms with van der Waals surface area (Å²) >= 11 is 0. The normalized spacial score (nSPS) is 14.6. The summed E-state index contributed by atoms with van der Waals surface area (Å²) in [7, 11) is 0. The molecule has 1 aliphatic heterocycles. The third-order valence-corrected chi connectivity index (χ3v) is 6.69. The monoisotopic (exact) mass is 456 g/mol. The standard InChI is InChI=1S/C30H36N2O2/c1-23-8-9-24(2)29(20-23)34-19-16-31-30(33)28-12-10-27(11-13-28)22-32-17-14-26(15-18-32)21-25-6-4-3-5-7-25/h3-13,20,26H,14-19,21-22H2,1-2H3,(H,31,33). The number of carbonyl (C=O) groups excluding carboxylic acids is 1. The maximum atomic E-state index is 12.5. The third kappa shape index (κ3) is 6.94. The Labute approximate surface area is 204 Å². The first-order chi connectivity index (χ1) is 16.6. The van der Waals surface area contributed by atoms with Gasteiger partial charge in [0.2, 0.25) is 0 Å². The Bertz CT molecular complexity index is 1050. The van der Waals surface area contributed by atoms with Crippen molar-refractivity contribution < 1.29 is 9.53 Å². The predicted molar refractivity (Wildman–Crippen MR) is 138 cm³/mol. The molecule has 0 saturated carbocycles. The Hall–Kier alpha value is -3.11. The highest BCUT2D eigenvalue weighted by Gasteiger charge is 2.19. The summed E-state index contributed by atoms with van der Waals surface area (Å²) in [6, 6.07) is 25.0. The van der Waals surface area contributed by atoms with Crippen molar-refractivity contribution in [3.05, 3.63) is 101 Å². The van der Waals surface area contributed by atoms with Crippen LogP contribution in [0.1, 0.15) is 45.5 Å². The molecule has 4 heteroatoms. The van der Waals surface area contributed by atoms with Crippen molar-refractivity contribution in [1.29, 1.82) is 0 Å². The third-order valence-electron chi connectivity index (χ3n) is 6.69. The van der Waals surface area contributed by atoms with E-state index in [1.54, 1.807) is 0 Å². The number of piperidine rings is 1. The van der Waals surface area contributed by atoms with Gasteiger partial charge >= 0.3 is 0 Å². The lowest BCUT2D eigenvalue weighted by Crippen LogP contribution is -2.33. The topological polar surface area (TPSA) is 41.6 Å². The van der Waals surface area contributed by atoms with Gasteiger partial charge in [-0.1, -0.05) is 54.6 Å². The van der Waals surface area contributed by atoms with Crippen LogP contribution >= 0.6 is 0 Å². The van der Waals surface area contributed by atoms with E-state index in [1.165, 1.54) is 36.0 Å². The van der Waals surface area contributed by atoms with Crippen LogP contribution in [-0.2, 0) is 13.0 Å². The zero-order chi connectivity index (χ0) is 23.8. The van der Waals surface area contributed by atoms with Crippen LogP contribution in [0.25, 0.3) is 0 Å². The van der Waals surface area contributed by atoms with Crippen LogP contribution < -0.4 is 10.1 Å². The fourth-order valence-corrected chi connectivity index (χ4v) is 4.61. The smallest absolute Gasteiger partial charge is 0.251 e. The molecule has 1 saturated heterocycles. The molecule has 4 rings (SSSR count). The van der Waals surface area contributed by atoms with E-state index in [9.17, 15) is 4.79 Å². The molecule has 3 aromatic carbocycles. The Balaban J connectivity index is 1.17. The van der Waals surface area contributed by atoms with Crippen molar-refractivity contribution in [2.45, 2.75) is 39.7 Å². The summed E-state index contributed by atoms with van der Waals surface area (Å²) in [5.41, 5.74) is 5.68. The summed E-state index contributed by atoms with van der Waals surface area (Å²) < 4.78 is 5.83. The molecule has 178 valence electrons. The number of hydrogen-bond acceptors (Lipinski definition) is 3. The molecule has 34 heavy (non-hydrogen) atoms. The summed E-state index contributed by atoms with van der Waals surface area (Å²) in [6.45, 7) is 8.23. The molecule has 0 radical (unpaired) electrons. The molecule has 3 aromatic rings. The molecule has 1 N–H and O–H groups in total. The highest BCUT2D eigenvalue weighted by atomic mass is 16.5. The quantitative estimate of drug-likeness (QED) is 0.428. The number of benzene rings is 3. The largest absolute Gasteiger partial charge is 0.491 e. The van der Waals surface area contributed by atoms with Gasteiger partial charge in [0.05, 0.1) is 6.54 Å². The number of amides is 1. The fourth-order valence-electron chi connectivity index (χ4n) is 4.61. The Morgan fingerprint density at radius 3 is 2.41 bits per heavy atom. The summed E-state index contributed by atoms with van der Waals surface area (Å²) in [5, 5.41) is 2.95. The van der Waals surface area contributed by atoms with E-state index in [2.05, 4.69) is 64.8 Å². The van der Waals surface area contributed by atoms with Crippen LogP contribution in [-0.4, -0.2) is 37.0 Å². The Morgan fingerprint density at radius 2 is 1.68 bits per heavy atom. The van der Waals surface area contributed by atoms with Crippen LogP contribution in [0, 0.1) is 19.8 Å². The van der Waals surface area contributed by atoms with Crippen LogP contribution in [0.3, 0.4) is 0 Å². The molecule has 4 nitrogen and oxygen atoms in total. The maximum Gasteiger partial charge on any atom is 0.251 e. The molecular weight excluding hydrogens is 420 g/mol. The maximum absolute atomic E-state index is 12.5. The molecule has 1 heterocycles. The molecule has 0 atom stereocenters. The van der Waals surface area contributed by atoms with E-state index >= 15 is 0 Å². The van der Waals surface area contributed by atoms with Crippen LogP contribution in [0.4, 0.5) is 0 Å². The zero-order valence-electron chi connectivity index (χ0n) is 20.4. The molecule has 1 fully saturated rings. The molecule has 0 spiro atoms. The molecule has 1 aliphatic rings. The SMILES string of the molecule is Cc1ccc(C)c(OCCNC(=O)c2ccc(CN3CCC(Cc4ccccc4)CC3)cc2)c1. The molecule has 0 aliphatic carbocycles. The Kier molecular flexibility index (Phi) is 8.37. The summed E-state index contributed by atoms with van der Waals surface area (Å²) in [6.07, 6.45) is 3.69. The summed E-state index contributed by atoms with van der Waals surface area (Å²) in [4.78, 5) is 15.0. The lowest BCUT2D eigenvalue weighted by molar-refractivity contribution is 0.0947. The number of rotatable bonds is 9. The first-order valence-electron chi connectivity index (χ1n) is 12.4. The molecule has 0 bridgehead atoms. The summed E-state index contributed by atoms with van der Waals surface area (Å²) in [5.74, 6) is 1.60. The number of ether oxygens (including phenoxy) is 1. The van der Waals surface area contributed by atoms with Gasteiger partial charge in [0, 0.05) is 12.1 Å². The number of nitrogens with one attached hydrogen (secondary N) is 1. The van der Waals surface area contributed by atoms with Crippen LogP contribution in [0.5, 0.6) is 5.75 Å². The number of hydrogen-bond donors (Lipinski definition) is 1. The van der Waals surface area contributed by atoms with Gasteiger partial charge in [-0.2, -0.15) is 0 Å². The van der Waals surface area contributed by atoms with Crippen molar-refractivity contribution >= 4 is 5.91 Å². The van der Waals surface area contributed by atoms with E-state index in [0.29, 0.717) is 18.7 Å². The molecule has 1 amide bonds. The number of likely N-dealkylation sites (tertiary alicyclic amines) is 1. The van der Waals surface area contributed by atoms with Gasteiger partial charge in [0.25, 0.3) is 5.91 Å². The second-order valence-electron chi connectivity index (χ2n) is 9.48. The average Bonchev–Trinajstić information content (AvgIpc) is 2.86. The van der Waals surface area contributed by atoms with Gasteiger partial charge in [-0.05, 0) is 92.6 Å². The lowest BCUT2D eigenvalue weighted by Gasteiger charge is -2.32. The van der Waals surface area contributed by atoms with Crippen molar-refractivity contribution in [2.75, 3.05) is 26.2 Å². The molecule has 0 aromatic heterocycles. The van der Waals surface area contributed by atoms with Gasteiger partial charge in [-0.25, -0.2) is 0 Å². The van der Waals surface area contributed by atoms with E-state index < -0.39 is 0 Å². The fraction of sp³-hybridized carbons (Fsp3) is 0.367. The molecular formula is C30H36N2O2. The highest BCUT2D eigenvalue weighted by Crippen LogP contribution is 2.23. The zero-order valence-corrected chi connectivity index (χ0v) is 20.4. The molecule has 0 unspecified atom stereocenters. The van der Waals surface area contributed by atoms with Crippen molar-refractivity contribution in [3.8, 4) is 5.75 Å². The minimum atomic E-state index is -0.0576. The van der Waals surface area contributed by atoms with Gasteiger partial charge in [-0.15, -0.1) is 0 Å². The van der Waals surface area contributed by atoms with Crippen LogP contribution in [0.2, 0.25) is 0 Å². The minimum Gasteiger partial charge on any atom is -0.491 e. The number of nitrogens with zero attached hydrogens (tertiary/aromatic N) is 1. The second-order valence-corrected chi connectivity index (χ2v) is 9.48. The first-order valence-corrected chi connectivity index (χ1v) is 12.4. The second kappa shape index (κ2) is 11.8. The minimum absolute atomic E-state index is 0.0576. The number of aryl methyl sites for hydroxylation is 2. The van der Waals surface area contributed by atoms with Gasteiger partial charge in [0.1, 0.15) is 12.4 Å². The van der Waals surface area contributed by atoms with E-state index in [0.717, 1.165) is 36.9 Å². The van der Waals surface area contributed by atoms with E-state index in [1.807, 2.05) is 32.0 Å². The van der Waals surface area contributed by atoms with Crippen LogP contribution in [0.15, 0.2) is 72.8 Å². The van der Waals surface area contributed by atoms with E-state index in [-0.39, 0.29) is 5.91 Å². The van der Waals surface area contributed by atoms with Crippen molar-refractivity contribution in [3.63, 3.8) is 0 Å². The van der Waals surface area contributed by atoms with E-state index in [4.69, 9.17) is 4.74 Å². The van der Waals surface area contributed by atoms with Gasteiger partial charge in [-0.3, -0.25) is 9.69 Å². The Morgan fingerprint density at radius 1 is 0.941 bits per heavy atom. The van der Waals surface area contributed by atoms with Gasteiger partial charge < -0.3 is 10.1 Å². The average molecular weight is 457 g/mol. The predicted octanol–water partition coefficient (Wildman–Crippen LogP) is 5.57. The van der Waals surface area contributed by atoms with Crippen molar-refractivity contribution in [1.82, 2.24) is 10.2 Å². The first kappa shape index (κ1) is 24.0. The van der Waals surface area contributed by atoms with Gasteiger partial charge in [0.15, 0.2) is 0 Å². The number of carbonyl (C=O) groups is 1. The lowest BCUT2D eigenvalue weighted by atomic mass is 9.90.